The fourth-order valence-electron chi connectivity index (χ4n) is 1.14. The summed E-state index contributed by atoms with van der Waals surface area (Å²) in [5, 5.41) is 16.0. The average Bonchev–Trinajstić information content (AvgIpc) is 2.69. The minimum atomic E-state index is 0.195. The molecule has 4 N–H and O–H groups in total. The van der Waals surface area contributed by atoms with Gasteiger partial charge >= 0.3 is 0 Å². The van der Waals surface area contributed by atoms with E-state index < -0.39 is 0 Å². The standard InChI is InChI=1S/C10H9IN4OS/c11-7-2-1-3-8(16)6(7)4-13-15-10-14-9(12)5-17-10/h1-5,16H,12H2,(H,14,15). The fraction of sp³-hybridized carbons (Fsp3) is 0. The maximum Gasteiger partial charge on any atom is 0.205 e. The van der Waals surface area contributed by atoms with Crippen molar-refractivity contribution < 1.29 is 5.11 Å². The van der Waals surface area contributed by atoms with Gasteiger partial charge in [-0.15, -0.1) is 11.3 Å². The van der Waals surface area contributed by atoms with E-state index in [4.69, 9.17) is 5.73 Å². The lowest BCUT2D eigenvalue weighted by molar-refractivity contribution is 0.474. The second kappa shape index (κ2) is 5.32. The van der Waals surface area contributed by atoms with Crippen LogP contribution in [-0.2, 0) is 0 Å². The lowest BCUT2D eigenvalue weighted by Gasteiger charge is -2.00. The van der Waals surface area contributed by atoms with Crippen molar-refractivity contribution in [3.8, 4) is 5.75 Å². The molecule has 0 aliphatic carbocycles. The minimum Gasteiger partial charge on any atom is -0.507 e. The highest BCUT2D eigenvalue weighted by Gasteiger charge is 2.02. The second-order valence-electron chi connectivity index (χ2n) is 3.12. The Morgan fingerprint density at radius 2 is 2.35 bits per heavy atom. The number of nitrogens with one attached hydrogen (secondary N) is 1. The molecular formula is C10H9IN4OS. The molecule has 0 fully saturated rings. The summed E-state index contributed by atoms with van der Waals surface area (Å²) in [4.78, 5) is 3.99. The second-order valence-corrected chi connectivity index (χ2v) is 5.14. The van der Waals surface area contributed by atoms with E-state index in [9.17, 15) is 5.11 Å². The Kier molecular flexibility index (Phi) is 3.79. The van der Waals surface area contributed by atoms with Crippen LogP contribution in [-0.4, -0.2) is 16.3 Å². The Balaban J connectivity index is 2.10. The number of thiazole rings is 1. The molecule has 0 amide bonds. The molecule has 7 heteroatoms. The van der Waals surface area contributed by atoms with Crippen molar-refractivity contribution in [3.05, 3.63) is 32.7 Å². The Morgan fingerprint density at radius 1 is 1.53 bits per heavy atom. The van der Waals surface area contributed by atoms with Gasteiger partial charge in [-0.1, -0.05) is 6.07 Å². The lowest BCUT2D eigenvalue weighted by Crippen LogP contribution is -1.93. The van der Waals surface area contributed by atoms with Crippen LogP contribution in [0.4, 0.5) is 10.9 Å². The number of hydrogen-bond acceptors (Lipinski definition) is 6. The molecule has 17 heavy (non-hydrogen) atoms. The van der Waals surface area contributed by atoms with E-state index >= 15 is 0 Å². The smallest absolute Gasteiger partial charge is 0.205 e. The van der Waals surface area contributed by atoms with E-state index in [1.165, 1.54) is 11.3 Å². The number of hydrazone groups is 1. The molecule has 0 aliphatic heterocycles. The van der Waals surface area contributed by atoms with Gasteiger partial charge in [0.05, 0.1) is 6.21 Å². The van der Waals surface area contributed by atoms with Crippen molar-refractivity contribution in [3.63, 3.8) is 0 Å². The number of anilines is 2. The van der Waals surface area contributed by atoms with E-state index in [-0.39, 0.29) is 5.75 Å². The first-order valence-electron chi connectivity index (χ1n) is 4.64. The van der Waals surface area contributed by atoms with Crippen LogP contribution >= 0.6 is 33.9 Å². The highest BCUT2D eigenvalue weighted by Crippen LogP contribution is 2.21. The zero-order valence-corrected chi connectivity index (χ0v) is 11.6. The molecule has 2 rings (SSSR count). The molecule has 2 aromatic rings. The number of hydrogen-bond donors (Lipinski definition) is 3. The number of nitrogen functional groups attached to an aromatic ring is 1. The highest BCUT2D eigenvalue weighted by atomic mass is 127. The van der Waals surface area contributed by atoms with Gasteiger partial charge in [0.25, 0.3) is 0 Å². The van der Waals surface area contributed by atoms with E-state index in [2.05, 4.69) is 38.1 Å². The van der Waals surface area contributed by atoms with Crippen molar-refractivity contribution in [2.24, 2.45) is 5.10 Å². The van der Waals surface area contributed by atoms with Gasteiger partial charge in [-0.2, -0.15) is 5.10 Å². The molecule has 1 aromatic heterocycles. The third-order valence-corrected chi connectivity index (χ3v) is 3.61. The summed E-state index contributed by atoms with van der Waals surface area (Å²) >= 11 is 3.50. The van der Waals surface area contributed by atoms with Gasteiger partial charge in [0.2, 0.25) is 5.13 Å². The molecular weight excluding hydrogens is 351 g/mol. The van der Waals surface area contributed by atoms with Crippen molar-refractivity contribution in [2.75, 3.05) is 11.2 Å². The number of phenols is 1. The summed E-state index contributed by atoms with van der Waals surface area (Å²) in [6, 6.07) is 5.29. The topological polar surface area (TPSA) is 83.5 Å². The zero-order chi connectivity index (χ0) is 12.3. The van der Waals surface area contributed by atoms with Crippen molar-refractivity contribution >= 4 is 51.1 Å². The van der Waals surface area contributed by atoms with Gasteiger partial charge in [-0.05, 0) is 34.7 Å². The van der Waals surface area contributed by atoms with Crippen molar-refractivity contribution in [1.29, 1.82) is 0 Å². The largest absolute Gasteiger partial charge is 0.507 e. The lowest BCUT2D eigenvalue weighted by atomic mass is 10.2. The third-order valence-electron chi connectivity index (χ3n) is 1.91. The normalized spacial score (nSPS) is 10.9. The summed E-state index contributed by atoms with van der Waals surface area (Å²) in [6.07, 6.45) is 1.55. The summed E-state index contributed by atoms with van der Waals surface area (Å²) in [5.74, 6) is 0.658. The molecule has 5 nitrogen and oxygen atoms in total. The molecule has 0 unspecified atom stereocenters. The molecule has 88 valence electrons. The fourth-order valence-corrected chi connectivity index (χ4v) is 2.31. The predicted molar refractivity (Wildman–Crippen MR) is 78.6 cm³/mol. The maximum atomic E-state index is 9.64. The van der Waals surface area contributed by atoms with Crippen LogP contribution in [0.15, 0.2) is 28.7 Å². The first kappa shape index (κ1) is 12.1. The van der Waals surface area contributed by atoms with Gasteiger partial charge < -0.3 is 10.8 Å². The van der Waals surface area contributed by atoms with Crippen LogP contribution < -0.4 is 11.2 Å². The van der Waals surface area contributed by atoms with Gasteiger partial charge in [0, 0.05) is 14.5 Å². The number of halogens is 1. The van der Waals surface area contributed by atoms with Crippen molar-refractivity contribution in [1.82, 2.24) is 4.98 Å². The first-order valence-corrected chi connectivity index (χ1v) is 6.60. The quantitative estimate of drug-likeness (QED) is 0.446. The Morgan fingerprint density at radius 3 is 3.00 bits per heavy atom. The molecule has 1 aromatic carbocycles. The van der Waals surface area contributed by atoms with E-state index in [0.717, 1.165) is 3.57 Å². The molecule has 0 atom stereocenters. The SMILES string of the molecule is Nc1csc(NN=Cc2c(O)cccc2I)n1. The van der Waals surface area contributed by atoms with E-state index in [1.54, 1.807) is 23.7 Å². The monoisotopic (exact) mass is 360 g/mol. The highest BCUT2D eigenvalue weighted by molar-refractivity contribution is 14.1. The average molecular weight is 360 g/mol. The number of phenolic OH excluding ortho intramolecular Hbond substituents is 1. The minimum absolute atomic E-state index is 0.195. The van der Waals surface area contributed by atoms with Gasteiger partial charge in [0.1, 0.15) is 11.6 Å². The number of aromatic nitrogens is 1. The molecule has 1 heterocycles. The Labute approximate surface area is 116 Å². The summed E-state index contributed by atoms with van der Waals surface area (Å²) < 4.78 is 0.923. The van der Waals surface area contributed by atoms with Gasteiger partial charge in [-0.25, -0.2) is 4.98 Å². The predicted octanol–water partition coefficient (Wildman–Crippen LogP) is 2.48. The summed E-state index contributed by atoms with van der Waals surface area (Å²) in [6.45, 7) is 0. The molecule has 0 saturated carbocycles. The molecule has 0 aliphatic rings. The third kappa shape index (κ3) is 3.07. The number of rotatable bonds is 3. The molecule has 0 bridgehead atoms. The Hall–Kier alpha value is -1.35. The molecule has 0 saturated heterocycles. The van der Waals surface area contributed by atoms with Crippen molar-refractivity contribution in [2.45, 2.75) is 0 Å². The molecule has 0 spiro atoms. The van der Waals surface area contributed by atoms with E-state index in [0.29, 0.717) is 16.5 Å². The van der Waals surface area contributed by atoms with Crippen LogP contribution in [0, 0.1) is 3.57 Å². The van der Waals surface area contributed by atoms with Crippen LogP contribution in [0.3, 0.4) is 0 Å². The summed E-state index contributed by atoms with van der Waals surface area (Å²) in [5.41, 5.74) is 8.90. The molecule has 0 radical (unpaired) electrons. The number of nitrogens with zero attached hydrogens (tertiary/aromatic N) is 2. The van der Waals surface area contributed by atoms with Crippen LogP contribution in [0.25, 0.3) is 0 Å². The zero-order valence-electron chi connectivity index (χ0n) is 8.59. The van der Waals surface area contributed by atoms with E-state index in [1.807, 2.05) is 6.07 Å². The maximum absolute atomic E-state index is 9.64. The van der Waals surface area contributed by atoms with Crippen LogP contribution in [0.1, 0.15) is 5.56 Å². The summed E-state index contributed by atoms with van der Waals surface area (Å²) in [7, 11) is 0. The number of aromatic hydroxyl groups is 1. The van der Waals surface area contributed by atoms with Gasteiger partial charge in [0.15, 0.2) is 0 Å². The van der Waals surface area contributed by atoms with Crippen LogP contribution in [0.2, 0.25) is 0 Å². The first-order chi connectivity index (χ1) is 8.16. The van der Waals surface area contributed by atoms with Crippen LogP contribution in [0.5, 0.6) is 5.75 Å². The number of benzene rings is 1. The van der Waals surface area contributed by atoms with Gasteiger partial charge in [-0.3, -0.25) is 5.43 Å². The number of nitrogens with two attached hydrogens (primary N) is 1. The Bertz CT molecular complexity index is 535.